The number of rotatable bonds is 7. The van der Waals surface area contributed by atoms with Crippen LogP contribution in [0.5, 0.6) is 0 Å². The molecular formula is C56H40. The van der Waals surface area contributed by atoms with E-state index in [0.717, 1.165) is 16.7 Å². The molecule has 0 unspecified atom stereocenters. The lowest BCUT2D eigenvalue weighted by molar-refractivity contribution is 1.52. The van der Waals surface area contributed by atoms with E-state index in [1.165, 1.54) is 104 Å². The van der Waals surface area contributed by atoms with Crippen LogP contribution < -0.4 is 0 Å². The number of allylic oxidation sites excluding steroid dienone is 4. The first-order valence-corrected chi connectivity index (χ1v) is 19.4. The van der Waals surface area contributed by atoms with E-state index >= 15 is 0 Å². The van der Waals surface area contributed by atoms with Crippen LogP contribution in [-0.4, -0.2) is 0 Å². The molecule has 0 heterocycles. The Morgan fingerprint density at radius 3 is 1.18 bits per heavy atom. The van der Waals surface area contributed by atoms with Gasteiger partial charge in [-0.2, -0.15) is 0 Å². The zero-order valence-corrected chi connectivity index (χ0v) is 31.7. The summed E-state index contributed by atoms with van der Waals surface area (Å²) in [6, 6.07) is 63.1. The van der Waals surface area contributed by atoms with Gasteiger partial charge in [0.1, 0.15) is 0 Å². The molecule has 0 N–H and O–H groups in total. The van der Waals surface area contributed by atoms with Crippen LogP contribution in [0.15, 0.2) is 195 Å². The van der Waals surface area contributed by atoms with Crippen LogP contribution in [0.2, 0.25) is 0 Å². The molecule has 0 fully saturated rings. The fraction of sp³-hybridized carbons (Fsp3) is 0.0357. The maximum atomic E-state index is 4.28. The van der Waals surface area contributed by atoms with E-state index in [4.69, 9.17) is 0 Å². The Morgan fingerprint density at radius 1 is 0.375 bits per heavy atom. The maximum Gasteiger partial charge on any atom is -0.000718 e. The molecule has 10 aromatic carbocycles. The first kappa shape index (κ1) is 33.5. The van der Waals surface area contributed by atoms with E-state index in [-0.39, 0.29) is 0 Å². The van der Waals surface area contributed by atoms with Crippen LogP contribution in [0.1, 0.15) is 25.0 Å². The van der Waals surface area contributed by atoms with E-state index in [0.29, 0.717) is 0 Å². The second kappa shape index (κ2) is 13.4. The van der Waals surface area contributed by atoms with Gasteiger partial charge in [-0.05, 0) is 134 Å². The summed E-state index contributed by atoms with van der Waals surface area (Å²) in [5.74, 6) is 0. The van der Waals surface area contributed by atoms with Crippen molar-refractivity contribution in [2.45, 2.75) is 13.8 Å². The third-order valence-corrected chi connectivity index (χ3v) is 11.9. The van der Waals surface area contributed by atoms with E-state index < -0.39 is 0 Å². The van der Waals surface area contributed by atoms with Crippen molar-refractivity contribution in [2.75, 3.05) is 0 Å². The highest BCUT2D eigenvalue weighted by Gasteiger charge is 2.28. The Labute approximate surface area is 328 Å². The lowest BCUT2D eigenvalue weighted by Gasteiger charge is -2.27. The van der Waals surface area contributed by atoms with Crippen molar-refractivity contribution < 1.29 is 0 Å². The molecule has 0 aliphatic heterocycles. The van der Waals surface area contributed by atoms with Crippen LogP contribution in [0, 0.1) is 0 Å². The molecule has 0 aliphatic carbocycles. The van der Waals surface area contributed by atoms with Crippen molar-refractivity contribution in [3.63, 3.8) is 0 Å². The summed E-state index contributed by atoms with van der Waals surface area (Å²) < 4.78 is 0. The second-order valence-corrected chi connectivity index (χ2v) is 14.8. The van der Waals surface area contributed by atoms with Gasteiger partial charge in [0.15, 0.2) is 0 Å². The smallest absolute Gasteiger partial charge is 0.000718 e. The summed E-state index contributed by atoms with van der Waals surface area (Å²) >= 11 is 0. The molecule has 0 aliphatic rings. The van der Waals surface area contributed by atoms with Crippen LogP contribution in [-0.2, 0) is 0 Å². The van der Waals surface area contributed by atoms with Gasteiger partial charge in [-0.1, -0.05) is 195 Å². The first-order valence-electron chi connectivity index (χ1n) is 19.4. The molecule has 10 rings (SSSR count). The Morgan fingerprint density at radius 2 is 0.750 bits per heavy atom. The minimum atomic E-state index is 0.911. The minimum Gasteiger partial charge on any atom is -0.0985 e. The van der Waals surface area contributed by atoms with Crippen LogP contribution in [0.3, 0.4) is 0 Å². The zero-order valence-electron chi connectivity index (χ0n) is 31.7. The number of benzene rings is 10. The van der Waals surface area contributed by atoms with Gasteiger partial charge in [0.2, 0.25) is 0 Å². The molecule has 0 bridgehead atoms. The Hall–Kier alpha value is -7.02. The average molecular weight is 713 g/mol. The van der Waals surface area contributed by atoms with E-state index in [9.17, 15) is 0 Å². The van der Waals surface area contributed by atoms with Crippen molar-refractivity contribution in [3.05, 3.63) is 206 Å². The summed E-state index contributed by atoms with van der Waals surface area (Å²) in [5.41, 5.74) is 14.1. The Kier molecular flexibility index (Phi) is 8.01. The largest absolute Gasteiger partial charge is 0.0985 e. The molecule has 0 nitrogen and oxygen atoms in total. The lowest BCUT2D eigenvalue weighted by atomic mass is 9.75. The highest BCUT2D eigenvalue weighted by atomic mass is 14.3. The van der Waals surface area contributed by atoms with Gasteiger partial charge in [0.25, 0.3) is 0 Å². The first-order chi connectivity index (χ1) is 27.6. The molecular weight excluding hydrogens is 673 g/mol. The predicted octanol–water partition coefficient (Wildman–Crippen LogP) is 16.2. The van der Waals surface area contributed by atoms with Crippen molar-refractivity contribution in [3.8, 4) is 44.5 Å². The Bertz CT molecular complexity index is 2980. The van der Waals surface area contributed by atoms with Crippen LogP contribution in [0.4, 0.5) is 0 Å². The van der Waals surface area contributed by atoms with Crippen LogP contribution in [0.25, 0.3) is 110 Å². The third kappa shape index (κ3) is 5.07. The highest BCUT2D eigenvalue weighted by molar-refractivity contribution is 6.43. The van der Waals surface area contributed by atoms with Gasteiger partial charge < -0.3 is 0 Å². The van der Waals surface area contributed by atoms with Gasteiger partial charge in [-0.25, -0.2) is 0 Å². The van der Waals surface area contributed by atoms with E-state index in [1.54, 1.807) is 0 Å². The molecule has 0 saturated heterocycles. The van der Waals surface area contributed by atoms with Gasteiger partial charge in [-0.3, -0.25) is 0 Å². The molecule has 0 spiro atoms. The predicted molar refractivity (Wildman–Crippen MR) is 245 cm³/mol. The molecule has 56 heavy (non-hydrogen) atoms. The topological polar surface area (TPSA) is 0 Å². The molecule has 0 heteroatoms. The minimum absolute atomic E-state index is 0.911. The lowest BCUT2D eigenvalue weighted by Crippen LogP contribution is -2.00. The molecule has 264 valence electrons. The average Bonchev–Trinajstić information content (AvgIpc) is 3.28. The molecule has 0 amide bonds. The fourth-order valence-corrected chi connectivity index (χ4v) is 9.15. The molecule has 0 radical (unpaired) electrons. The standard InChI is InChI=1S/C56H40/c1-5-35(3)37-27-31-41(32-28-37)49-50(42-33-29-38(30-34-42)36(4)6-2)52(40-19-11-8-12-20-40)56-48-26-16-24-46-44-22-14-13-21-43(44)45-23-15-25-47(53(45)54(46)48)55(56)51(49)39-17-9-7-10-18-39/h5-34H,1,3H2,2,4H3. The quantitative estimate of drug-likeness (QED) is 0.0877. The van der Waals surface area contributed by atoms with Gasteiger partial charge >= 0.3 is 0 Å². The highest BCUT2D eigenvalue weighted by Crippen LogP contribution is 2.56. The monoisotopic (exact) mass is 712 g/mol. The zero-order chi connectivity index (χ0) is 37.9. The molecule has 0 aromatic heterocycles. The molecule has 10 aromatic rings. The number of hydrogen-bond acceptors (Lipinski definition) is 0. The summed E-state index contributed by atoms with van der Waals surface area (Å²) in [5, 5.41) is 12.9. The summed E-state index contributed by atoms with van der Waals surface area (Å²) in [7, 11) is 0. The van der Waals surface area contributed by atoms with Crippen molar-refractivity contribution in [1.29, 1.82) is 0 Å². The SMILES string of the molecule is C=CC(=C)c1ccc(-c2c(-c3ccc(C(C)=CC)cc3)c(-c3ccccc3)c3c4cccc5c6ccccc6c6cccc(c3c2-c2ccccc2)c6c54)cc1. The van der Waals surface area contributed by atoms with Crippen molar-refractivity contribution in [1.82, 2.24) is 0 Å². The summed E-state index contributed by atoms with van der Waals surface area (Å²) in [4.78, 5) is 0. The van der Waals surface area contributed by atoms with Gasteiger partial charge in [0.05, 0.1) is 0 Å². The summed E-state index contributed by atoms with van der Waals surface area (Å²) in [6.45, 7) is 12.6. The number of fused-ring (bicyclic) bond motifs is 6. The summed E-state index contributed by atoms with van der Waals surface area (Å²) in [6.07, 6.45) is 4.02. The number of hydrogen-bond donors (Lipinski definition) is 0. The van der Waals surface area contributed by atoms with E-state index in [1.807, 2.05) is 6.08 Å². The third-order valence-electron chi connectivity index (χ3n) is 11.9. The normalized spacial score (nSPS) is 12.0. The molecule has 0 saturated carbocycles. The van der Waals surface area contributed by atoms with Crippen molar-refractivity contribution in [2.24, 2.45) is 0 Å². The van der Waals surface area contributed by atoms with Crippen LogP contribution >= 0.6 is 0 Å². The van der Waals surface area contributed by atoms with Gasteiger partial charge in [0, 0.05) is 0 Å². The van der Waals surface area contributed by atoms with Gasteiger partial charge in [-0.15, -0.1) is 0 Å². The van der Waals surface area contributed by atoms with Crippen molar-refractivity contribution >= 4 is 65.0 Å². The second-order valence-electron chi connectivity index (χ2n) is 14.8. The maximum absolute atomic E-state index is 4.28. The fourth-order valence-electron chi connectivity index (χ4n) is 9.15. The van der Waals surface area contributed by atoms with E-state index in [2.05, 4.69) is 203 Å². The Balaban J connectivity index is 1.53. The molecule has 0 atom stereocenters.